The number of carbonyl (C=O) groups excluding carboxylic acids is 1. The van der Waals surface area contributed by atoms with Gasteiger partial charge in [0.25, 0.3) is 0 Å². The number of nitrogens with two attached hydrogens (primary N) is 1. The van der Waals surface area contributed by atoms with Crippen LogP contribution in [-0.4, -0.2) is 11.1 Å². The molecule has 0 aliphatic carbocycles. The van der Waals surface area contributed by atoms with E-state index in [0.717, 1.165) is 0 Å². The van der Waals surface area contributed by atoms with E-state index in [2.05, 4.69) is 0 Å². The van der Waals surface area contributed by atoms with E-state index in [9.17, 15) is 4.79 Å². The Kier molecular flexibility index (Phi) is 3.09. The average molecular weight is 161 g/mol. The molecule has 0 bridgehead atoms. The fraction of sp³-hybridized carbons (Fsp3) is 0.333. The summed E-state index contributed by atoms with van der Waals surface area (Å²) >= 11 is 5.28. The molecule has 56 valence electrons. The van der Waals surface area contributed by atoms with Crippen LogP contribution in [0, 0.1) is 5.41 Å². The number of carbonyl (C=O) groups is 1. The van der Waals surface area contributed by atoms with Gasteiger partial charge in [-0.25, -0.2) is 0 Å². The summed E-state index contributed by atoms with van der Waals surface area (Å²) in [7, 11) is 0. The van der Waals surface area contributed by atoms with Gasteiger partial charge in [-0.1, -0.05) is 11.6 Å². The first-order valence-electron chi connectivity index (χ1n) is 2.68. The van der Waals surface area contributed by atoms with Crippen molar-refractivity contribution in [1.29, 1.82) is 5.41 Å². The molecular formula is C6H9ClN2O. The van der Waals surface area contributed by atoms with Crippen molar-refractivity contribution in [3.8, 4) is 0 Å². The highest BCUT2D eigenvalue weighted by Crippen LogP contribution is 2.05. The number of halogens is 1. The Labute approximate surface area is 64.4 Å². The van der Waals surface area contributed by atoms with Gasteiger partial charge in [0.2, 0.25) is 5.91 Å². The van der Waals surface area contributed by atoms with E-state index in [-0.39, 0.29) is 5.17 Å². The first kappa shape index (κ1) is 9.17. The van der Waals surface area contributed by atoms with Crippen LogP contribution in [-0.2, 0) is 4.79 Å². The minimum atomic E-state index is -0.539. The largest absolute Gasteiger partial charge is 0.366 e. The standard InChI is InChI=1S/C6H9ClN2O/c1-3(5(7)8)4(2)6(9)10/h8H,1-2H3,(H2,9,10)/b4-3-,8-5?. The Morgan fingerprint density at radius 1 is 1.40 bits per heavy atom. The maximum atomic E-state index is 10.5. The second-order valence-corrected chi connectivity index (χ2v) is 2.31. The van der Waals surface area contributed by atoms with Crippen LogP contribution in [0.15, 0.2) is 11.1 Å². The molecule has 0 saturated carbocycles. The molecule has 4 heteroatoms. The topological polar surface area (TPSA) is 66.9 Å². The summed E-state index contributed by atoms with van der Waals surface area (Å²) in [5.74, 6) is -0.539. The van der Waals surface area contributed by atoms with E-state index in [1.54, 1.807) is 6.92 Å². The molecule has 0 unspecified atom stereocenters. The van der Waals surface area contributed by atoms with E-state index in [0.29, 0.717) is 11.1 Å². The summed E-state index contributed by atoms with van der Waals surface area (Å²) in [6, 6.07) is 0. The molecule has 0 fully saturated rings. The zero-order valence-corrected chi connectivity index (χ0v) is 6.62. The molecule has 0 rings (SSSR count). The first-order chi connectivity index (χ1) is 4.46. The predicted octanol–water partition coefficient (Wildman–Crippen LogP) is 1.02. The third-order valence-corrected chi connectivity index (χ3v) is 1.54. The Morgan fingerprint density at radius 2 is 1.80 bits per heavy atom. The Balaban J connectivity index is 4.67. The molecule has 0 aromatic carbocycles. The van der Waals surface area contributed by atoms with Crippen molar-refractivity contribution in [2.24, 2.45) is 5.73 Å². The van der Waals surface area contributed by atoms with E-state index < -0.39 is 5.91 Å². The normalized spacial score (nSPS) is 12.3. The van der Waals surface area contributed by atoms with Crippen molar-refractivity contribution in [2.75, 3.05) is 0 Å². The molecule has 0 radical (unpaired) electrons. The smallest absolute Gasteiger partial charge is 0.244 e. The number of hydrogen-bond donors (Lipinski definition) is 2. The maximum absolute atomic E-state index is 10.5. The van der Waals surface area contributed by atoms with Crippen molar-refractivity contribution in [1.82, 2.24) is 0 Å². The van der Waals surface area contributed by atoms with Crippen LogP contribution >= 0.6 is 11.6 Å². The van der Waals surface area contributed by atoms with Gasteiger partial charge in [0.05, 0.1) is 0 Å². The van der Waals surface area contributed by atoms with Gasteiger partial charge in [-0.3, -0.25) is 10.2 Å². The lowest BCUT2D eigenvalue weighted by Gasteiger charge is -1.98. The summed E-state index contributed by atoms with van der Waals surface area (Å²) < 4.78 is 0. The molecule has 0 aromatic rings. The molecule has 1 amide bonds. The van der Waals surface area contributed by atoms with Gasteiger partial charge in [0, 0.05) is 5.57 Å². The van der Waals surface area contributed by atoms with Crippen LogP contribution < -0.4 is 5.73 Å². The van der Waals surface area contributed by atoms with Gasteiger partial charge in [-0.15, -0.1) is 0 Å². The highest BCUT2D eigenvalue weighted by atomic mass is 35.5. The highest BCUT2D eigenvalue weighted by Gasteiger charge is 2.04. The number of hydrogen-bond acceptors (Lipinski definition) is 2. The molecule has 3 N–H and O–H groups in total. The fourth-order valence-corrected chi connectivity index (χ4v) is 0.491. The molecule has 0 spiro atoms. The summed E-state index contributed by atoms with van der Waals surface area (Å²) in [5, 5.41) is 6.78. The molecule has 10 heavy (non-hydrogen) atoms. The average Bonchev–Trinajstić information content (AvgIpc) is 1.84. The zero-order valence-electron chi connectivity index (χ0n) is 5.86. The molecule has 3 nitrogen and oxygen atoms in total. The van der Waals surface area contributed by atoms with Gasteiger partial charge in [-0.2, -0.15) is 0 Å². The molecule has 0 heterocycles. The van der Waals surface area contributed by atoms with E-state index in [1.165, 1.54) is 6.92 Å². The zero-order chi connectivity index (χ0) is 8.31. The summed E-state index contributed by atoms with van der Waals surface area (Å²) in [6.07, 6.45) is 0. The molecule has 0 atom stereocenters. The lowest BCUT2D eigenvalue weighted by Crippen LogP contribution is -2.14. The van der Waals surface area contributed by atoms with Gasteiger partial charge in [-0.05, 0) is 19.4 Å². The summed E-state index contributed by atoms with van der Waals surface area (Å²) in [5.41, 5.74) is 5.68. The van der Waals surface area contributed by atoms with Gasteiger partial charge in [0.15, 0.2) is 0 Å². The van der Waals surface area contributed by atoms with Gasteiger partial charge in [0.1, 0.15) is 5.17 Å². The summed E-state index contributed by atoms with van der Waals surface area (Å²) in [6.45, 7) is 3.12. The molecule has 0 aliphatic heterocycles. The van der Waals surface area contributed by atoms with Crippen LogP contribution in [0.4, 0.5) is 0 Å². The number of allylic oxidation sites excluding steroid dienone is 1. The maximum Gasteiger partial charge on any atom is 0.244 e. The second-order valence-electron chi connectivity index (χ2n) is 1.93. The number of primary amides is 1. The third kappa shape index (κ3) is 2.19. The number of rotatable bonds is 2. The van der Waals surface area contributed by atoms with E-state index in [1.807, 2.05) is 0 Å². The summed E-state index contributed by atoms with van der Waals surface area (Å²) in [4.78, 5) is 10.5. The van der Waals surface area contributed by atoms with Gasteiger partial charge < -0.3 is 5.73 Å². The van der Waals surface area contributed by atoms with Crippen molar-refractivity contribution in [3.05, 3.63) is 11.1 Å². The Hall–Kier alpha value is -0.830. The van der Waals surface area contributed by atoms with E-state index >= 15 is 0 Å². The van der Waals surface area contributed by atoms with Crippen LogP contribution in [0.5, 0.6) is 0 Å². The van der Waals surface area contributed by atoms with E-state index in [4.69, 9.17) is 22.7 Å². The predicted molar refractivity (Wildman–Crippen MR) is 41.1 cm³/mol. The van der Waals surface area contributed by atoms with Crippen molar-refractivity contribution < 1.29 is 4.79 Å². The number of amides is 1. The first-order valence-corrected chi connectivity index (χ1v) is 3.06. The Morgan fingerprint density at radius 3 is 1.90 bits per heavy atom. The molecule has 0 aliphatic rings. The SMILES string of the molecule is C/C(C(=N)Cl)=C(\C)C(N)=O. The van der Waals surface area contributed by atoms with Crippen LogP contribution in [0.3, 0.4) is 0 Å². The molecule has 0 aromatic heterocycles. The highest BCUT2D eigenvalue weighted by molar-refractivity contribution is 6.68. The van der Waals surface area contributed by atoms with Crippen LogP contribution in [0.25, 0.3) is 0 Å². The fourth-order valence-electron chi connectivity index (χ4n) is 0.349. The molecule has 0 saturated heterocycles. The third-order valence-electron chi connectivity index (χ3n) is 1.26. The monoisotopic (exact) mass is 160 g/mol. The van der Waals surface area contributed by atoms with Crippen molar-refractivity contribution in [3.63, 3.8) is 0 Å². The van der Waals surface area contributed by atoms with Crippen molar-refractivity contribution >= 4 is 22.7 Å². The van der Waals surface area contributed by atoms with Gasteiger partial charge >= 0.3 is 0 Å². The van der Waals surface area contributed by atoms with Crippen LogP contribution in [0.2, 0.25) is 0 Å². The minimum Gasteiger partial charge on any atom is -0.366 e. The quantitative estimate of drug-likeness (QED) is 0.460. The molecular weight excluding hydrogens is 152 g/mol. The number of nitrogens with one attached hydrogen (secondary N) is 1. The van der Waals surface area contributed by atoms with Crippen LogP contribution in [0.1, 0.15) is 13.8 Å². The van der Waals surface area contributed by atoms with Crippen molar-refractivity contribution in [2.45, 2.75) is 13.8 Å². The Bertz CT molecular complexity index is 186. The minimum absolute atomic E-state index is 0.142. The lowest BCUT2D eigenvalue weighted by molar-refractivity contribution is -0.114. The lowest BCUT2D eigenvalue weighted by atomic mass is 10.1. The second kappa shape index (κ2) is 3.37.